The van der Waals surface area contributed by atoms with Gasteiger partial charge in [-0.05, 0) is 60.2 Å². The second-order valence-corrected chi connectivity index (χ2v) is 8.75. The molecule has 0 aromatic carbocycles. The first kappa shape index (κ1) is 17.5. The molecule has 5 heterocycles. The molecule has 9 heteroatoms. The van der Waals surface area contributed by atoms with Crippen molar-refractivity contribution < 1.29 is 4.79 Å². The number of aromatic nitrogens is 5. The zero-order valence-electron chi connectivity index (χ0n) is 15.8. The van der Waals surface area contributed by atoms with Crippen LogP contribution < -0.4 is 4.90 Å². The third-order valence-electron chi connectivity index (χ3n) is 6.03. The SMILES string of the molecule is CC1CC(c2cccs2)CN1C(=O)C1CCN(c2ccc3nnnn3n2)CC1. The zero-order chi connectivity index (χ0) is 19.1. The molecule has 2 aliphatic heterocycles. The van der Waals surface area contributed by atoms with Crippen LogP contribution in [0.15, 0.2) is 29.6 Å². The minimum Gasteiger partial charge on any atom is -0.355 e. The standard InChI is InChI=1S/C19H23N7OS/c1-13-11-15(16-3-2-10-28-16)12-25(13)19(27)14-6-8-24(9-7-14)18-5-4-17-20-22-23-26(17)21-18/h2-5,10,13-15H,6-9,11-12H2,1H3. The van der Waals surface area contributed by atoms with Gasteiger partial charge in [0.2, 0.25) is 5.91 Å². The molecule has 146 valence electrons. The lowest BCUT2D eigenvalue weighted by molar-refractivity contribution is -0.136. The van der Waals surface area contributed by atoms with E-state index in [4.69, 9.17) is 0 Å². The van der Waals surface area contributed by atoms with Crippen molar-refractivity contribution in [1.82, 2.24) is 30.2 Å². The first-order valence-electron chi connectivity index (χ1n) is 9.83. The summed E-state index contributed by atoms with van der Waals surface area (Å²) in [6.45, 7) is 4.70. The van der Waals surface area contributed by atoms with Crippen LogP contribution in [0.1, 0.15) is 37.0 Å². The number of anilines is 1. The number of likely N-dealkylation sites (tertiary alicyclic amines) is 1. The maximum absolute atomic E-state index is 13.2. The fourth-order valence-corrected chi connectivity index (χ4v) is 5.30. The topological polar surface area (TPSA) is 79.5 Å². The lowest BCUT2D eigenvalue weighted by atomic mass is 9.95. The number of amides is 1. The minimum absolute atomic E-state index is 0.109. The van der Waals surface area contributed by atoms with Gasteiger partial charge in [0, 0.05) is 42.4 Å². The Bertz CT molecular complexity index is 964. The van der Waals surface area contributed by atoms with Gasteiger partial charge in [-0.25, -0.2) is 0 Å². The monoisotopic (exact) mass is 397 g/mol. The fourth-order valence-electron chi connectivity index (χ4n) is 4.47. The molecule has 2 aliphatic rings. The highest BCUT2D eigenvalue weighted by molar-refractivity contribution is 7.10. The molecule has 0 N–H and O–H groups in total. The lowest BCUT2D eigenvalue weighted by Crippen LogP contribution is -2.44. The third-order valence-corrected chi connectivity index (χ3v) is 7.06. The van der Waals surface area contributed by atoms with E-state index >= 15 is 0 Å². The number of hydrogen-bond acceptors (Lipinski definition) is 7. The van der Waals surface area contributed by atoms with E-state index in [1.807, 2.05) is 12.1 Å². The molecule has 2 fully saturated rings. The van der Waals surface area contributed by atoms with Gasteiger partial charge in [0.05, 0.1) is 0 Å². The van der Waals surface area contributed by atoms with Crippen LogP contribution in [-0.2, 0) is 4.79 Å². The van der Waals surface area contributed by atoms with E-state index in [0.29, 0.717) is 23.5 Å². The quantitative estimate of drug-likeness (QED) is 0.674. The molecule has 2 atom stereocenters. The number of rotatable bonds is 3. The van der Waals surface area contributed by atoms with E-state index in [9.17, 15) is 4.79 Å². The van der Waals surface area contributed by atoms with E-state index in [1.54, 1.807) is 11.3 Å². The molecule has 0 saturated carbocycles. The van der Waals surface area contributed by atoms with Crippen molar-refractivity contribution in [3.8, 4) is 0 Å². The Kier molecular flexibility index (Phi) is 4.46. The second-order valence-electron chi connectivity index (χ2n) is 7.77. The normalized spacial score (nSPS) is 23.6. The predicted octanol–water partition coefficient (Wildman–Crippen LogP) is 2.20. The van der Waals surface area contributed by atoms with E-state index in [0.717, 1.165) is 44.7 Å². The summed E-state index contributed by atoms with van der Waals surface area (Å²) in [4.78, 5) is 18.9. The van der Waals surface area contributed by atoms with Gasteiger partial charge in [-0.3, -0.25) is 4.79 Å². The number of tetrazole rings is 1. The highest BCUT2D eigenvalue weighted by atomic mass is 32.1. The van der Waals surface area contributed by atoms with Crippen LogP contribution in [0.25, 0.3) is 5.65 Å². The summed E-state index contributed by atoms with van der Waals surface area (Å²) < 4.78 is 1.45. The summed E-state index contributed by atoms with van der Waals surface area (Å²) in [5.74, 6) is 1.79. The Hall–Kier alpha value is -2.55. The smallest absolute Gasteiger partial charge is 0.226 e. The van der Waals surface area contributed by atoms with Gasteiger partial charge in [-0.2, -0.15) is 0 Å². The highest BCUT2D eigenvalue weighted by Gasteiger charge is 2.37. The summed E-state index contributed by atoms with van der Waals surface area (Å²) in [5, 5.41) is 18.0. The average molecular weight is 398 g/mol. The predicted molar refractivity (Wildman–Crippen MR) is 106 cm³/mol. The van der Waals surface area contributed by atoms with Gasteiger partial charge in [0.25, 0.3) is 0 Å². The van der Waals surface area contributed by atoms with Crippen molar-refractivity contribution in [2.45, 2.75) is 38.1 Å². The molecule has 0 aliphatic carbocycles. The number of nitrogens with zero attached hydrogens (tertiary/aromatic N) is 7. The lowest BCUT2D eigenvalue weighted by Gasteiger charge is -2.34. The molecule has 2 saturated heterocycles. The molecular weight excluding hydrogens is 374 g/mol. The largest absolute Gasteiger partial charge is 0.355 e. The van der Waals surface area contributed by atoms with E-state index in [-0.39, 0.29) is 5.92 Å². The molecule has 28 heavy (non-hydrogen) atoms. The van der Waals surface area contributed by atoms with Crippen molar-refractivity contribution in [3.63, 3.8) is 0 Å². The first-order valence-corrected chi connectivity index (χ1v) is 10.7. The minimum atomic E-state index is 0.109. The summed E-state index contributed by atoms with van der Waals surface area (Å²) in [7, 11) is 0. The molecule has 0 bridgehead atoms. The van der Waals surface area contributed by atoms with Gasteiger partial charge >= 0.3 is 0 Å². The van der Waals surface area contributed by atoms with Crippen LogP contribution in [0.4, 0.5) is 5.82 Å². The number of fused-ring (bicyclic) bond motifs is 1. The van der Waals surface area contributed by atoms with Crippen LogP contribution in [0.3, 0.4) is 0 Å². The molecule has 3 aromatic heterocycles. The van der Waals surface area contributed by atoms with Crippen LogP contribution in [0.2, 0.25) is 0 Å². The summed E-state index contributed by atoms with van der Waals surface area (Å²) in [6, 6.07) is 8.44. The Labute approximate surface area is 167 Å². The maximum Gasteiger partial charge on any atom is 0.226 e. The first-order chi connectivity index (χ1) is 13.7. The third kappa shape index (κ3) is 3.13. The zero-order valence-corrected chi connectivity index (χ0v) is 16.6. The molecule has 5 rings (SSSR count). The Morgan fingerprint density at radius 2 is 2.07 bits per heavy atom. The maximum atomic E-state index is 13.2. The molecule has 3 aromatic rings. The van der Waals surface area contributed by atoms with Gasteiger partial charge < -0.3 is 9.80 Å². The van der Waals surface area contributed by atoms with E-state index in [2.05, 4.69) is 54.9 Å². The van der Waals surface area contributed by atoms with Crippen LogP contribution in [-0.4, -0.2) is 61.7 Å². The number of piperidine rings is 1. The Morgan fingerprint density at radius 3 is 2.86 bits per heavy atom. The fraction of sp³-hybridized carbons (Fsp3) is 0.526. The van der Waals surface area contributed by atoms with Gasteiger partial charge in [-0.1, -0.05) is 6.07 Å². The van der Waals surface area contributed by atoms with Crippen molar-refractivity contribution in [3.05, 3.63) is 34.5 Å². The Balaban J connectivity index is 1.22. The molecule has 0 radical (unpaired) electrons. The van der Waals surface area contributed by atoms with Crippen LogP contribution in [0.5, 0.6) is 0 Å². The van der Waals surface area contributed by atoms with Gasteiger partial charge in [0.15, 0.2) is 11.5 Å². The molecule has 0 spiro atoms. The Morgan fingerprint density at radius 1 is 1.21 bits per heavy atom. The molecular formula is C19H23N7OS. The average Bonchev–Trinajstić information content (AvgIpc) is 3.47. The highest BCUT2D eigenvalue weighted by Crippen LogP contribution is 2.36. The second kappa shape index (κ2) is 7.12. The molecule has 2 unspecified atom stereocenters. The van der Waals surface area contributed by atoms with Crippen molar-refractivity contribution >= 4 is 28.7 Å². The van der Waals surface area contributed by atoms with Crippen LogP contribution >= 0.6 is 11.3 Å². The molecule has 8 nitrogen and oxygen atoms in total. The van der Waals surface area contributed by atoms with E-state index < -0.39 is 0 Å². The van der Waals surface area contributed by atoms with Crippen molar-refractivity contribution in [2.24, 2.45) is 5.92 Å². The van der Waals surface area contributed by atoms with Gasteiger partial charge in [-0.15, -0.1) is 26.2 Å². The van der Waals surface area contributed by atoms with Crippen LogP contribution in [0, 0.1) is 5.92 Å². The molecule has 1 amide bonds. The number of hydrogen-bond donors (Lipinski definition) is 0. The van der Waals surface area contributed by atoms with Crippen molar-refractivity contribution in [1.29, 1.82) is 0 Å². The van der Waals surface area contributed by atoms with Crippen molar-refractivity contribution in [2.75, 3.05) is 24.5 Å². The summed E-state index contributed by atoms with van der Waals surface area (Å²) in [6.07, 6.45) is 2.79. The number of carbonyl (C=O) groups is 1. The number of thiophene rings is 1. The van der Waals surface area contributed by atoms with Gasteiger partial charge in [0.1, 0.15) is 0 Å². The summed E-state index contributed by atoms with van der Waals surface area (Å²) in [5.41, 5.74) is 0.636. The summed E-state index contributed by atoms with van der Waals surface area (Å²) >= 11 is 1.80. The van der Waals surface area contributed by atoms with E-state index in [1.165, 1.54) is 9.51 Å². The number of carbonyl (C=O) groups excluding carboxylic acids is 1.